The Morgan fingerprint density at radius 2 is 1.79 bits per heavy atom. The normalized spacial score (nSPS) is 49.3. The summed E-state index contributed by atoms with van der Waals surface area (Å²) in [6.07, 6.45) is 8.62. The van der Waals surface area contributed by atoms with Crippen molar-refractivity contribution in [1.82, 2.24) is 4.90 Å². The molecule has 3 nitrogen and oxygen atoms in total. The average molecular weight is 391 g/mol. The SMILES string of the molecule is CC1(C)CN(C(=O)C23CC4C5(CC5)C5CC(c6ccccc6)(C2)C45C3)CC[C@@H]1N. The van der Waals surface area contributed by atoms with Gasteiger partial charge in [-0.25, -0.2) is 0 Å². The molecular formula is C26H34N2O. The maximum absolute atomic E-state index is 14.1. The number of hydrogen-bond donors (Lipinski definition) is 1. The monoisotopic (exact) mass is 390 g/mol. The molecule has 1 saturated heterocycles. The van der Waals surface area contributed by atoms with E-state index in [1.54, 1.807) is 0 Å². The fourth-order valence-corrected chi connectivity index (χ4v) is 9.86. The number of hydrogen-bond acceptors (Lipinski definition) is 2. The van der Waals surface area contributed by atoms with Crippen LogP contribution in [-0.4, -0.2) is 29.9 Å². The molecule has 2 bridgehead atoms. The summed E-state index contributed by atoms with van der Waals surface area (Å²) >= 11 is 0. The number of nitrogens with two attached hydrogens (primary N) is 1. The third-order valence-electron chi connectivity index (χ3n) is 11.1. The van der Waals surface area contributed by atoms with Crippen molar-refractivity contribution in [2.24, 2.45) is 39.2 Å². The standard InChI is InChI=1S/C26H34N2O/c1-22(2)16-28(11-8-20(22)27)21(29)23-12-18-24(9-10-24)19-13-25(14-23,26(18,19)15-23)17-6-4-3-5-7-17/h3-7,18-20H,8-16,27H2,1-2H3/t18?,19?,20-,23?,25?,26?/m0/s1. The lowest BCUT2D eigenvalue weighted by Gasteiger charge is -2.78. The molecule has 5 saturated carbocycles. The van der Waals surface area contributed by atoms with Crippen LogP contribution in [0.4, 0.5) is 0 Å². The van der Waals surface area contributed by atoms with Crippen LogP contribution in [0.2, 0.25) is 0 Å². The molecule has 2 N–H and O–H groups in total. The lowest BCUT2D eigenvalue weighted by Crippen LogP contribution is -2.74. The molecule has 1 aliphatic heterocycles. The third-order valence-corrected chi connectivity index (χ3v) is 11.1. The first kappa shape index (κ1) is 17.3. The van der Waals surface area contributed by atoms with E-state index < -0.39 is 0 Å². The highest BCUT2D eigenvalue weighted by molar-refractivity contribution is 5.86. The fraction of sp³-hybridized carbons (Fsp3) is 0.731. The molecule has 3 heteroatoms. The van der Waals surface area contributed by atoms with Crippen LogP contribution in [0.25, 0.3) is 0 Å². The highest BCUT2D eigenvalue weighted by atomic mass is 16.2. The lowest BCUT2D eigenvalue weighted by molar-refractivity contribution is -0.264. The van der Waals surface area contributed by atoms with Gasteiger partial charge in [-0.3, -0.25) is 4.79 Å². The van der Waals surface area contributed by atoms with Crippen LogP contribution < -0.4 is 5.73 Å². The van der Waals surface area contributed by atoms with Crippen LogP contribution in [0.15, 0.2) is 30.3 Å². The summed E-state index contributed by atoms with van der Waals surface area (Å²) in [5, 5.41) is 0. The second kappa shape index (κ2) is 4.77. The van der Waals surface area contributed by atoms with Crippen molar-refractivity contribution in [3.05, 3.63) is 35.9 Å². The molecule has 1 amide bonds. The molecular weight excluding hydrogens is 356 g/mol. The van der Waals surface area contributed by atoms with Crippen molar-refractivity contribution >= 4 is 5.91 Å². The first-order valence-corrected chi connectivity index (χ1v) is 11.9. The van der Waals surface area contributed by atoms with E-state index in [4.69, 9.17) is 5.73 Å². The van der Waals surface area contributed by atoms with Gasteiger partial charge in [-0.05, 0) is 78.6 Å². The Hall–Kier alpha value is -1.35. The van der Waals surface area contributed by atoms with E-state index in [1.807, 2.05) is 0 Å². The van der Waals surface area contributed by atoms with E-state index in [0.29, 0.717) is 16.7 Å². The largest absolute Gasteiger partial charge is 0.342 e. The molecule has 0 radical (unpaired) electrons. The number of carbonyl (C=O) groups is 1. The highest BCUT2D eigenvalue weighted by Crippen LogP contribution is 2.98. The van der Waals surface area contributed by atoms with Gasteiger partial charge in [0.15, 0.2) is 0 Å². The zero-order valence-electron chi connectivity index (χ0n) is 17.9. The summed E-state index contributed by atoms with van der Waals surface area (Å²) < 4.78 is 0. The quantitative estimate of drug-likeness (QED) is 0.826. The van der Waals surface area contributed by atoms with Crippen LogP contribution in [0.1, 0.15) is 64.4 Å². The minimum Gasteiger partial charge on any atom is -0.342 e. The minimum absolute atomic E-state index is 0.0232. The topological polar surface area (TPSA) is 46.3 Å². The van der Waals surface area contributed by atoms with Gasteiger partial charge in [0.2, 0.25) is 5.91 Å². The van der Waals surface area contributed by atoms with E-state index in [0.717, 1.165) is 37.8 Å². The van der Waals surface area contributed by atoms with Gasteiger partial charge in [0.05, 0.1) is 5.41 Å². The summed E-state index contributed by atoms with van der Waals surface area (Å²) in [6, 6.07) is 11.5. The zero-order valence-corrected chi connectivity index (χ0v) is 17.9. The van der Waals surface area contributed by atoms with Gasteiger partial charge >= 0.3 is 0 Å². The summed E-state index contributed by atoms with van der Waals surface area (Å²) in [5.41, 5.74) is 9.22. The number of benzene rings is 1. The maximum Gasteiger partial charge on any atom is 0.228 e. The summed E-state index contributed by atoms with van der Waals surface area (Å²) in [5.74, 6) is 2.20. The van der Waals surface area contributed by atoms with Crippen LogP contribution in [0.5, 0.6) is 0 Å². The van der Waals surface area contributed by atoms with Crippen LogP contribution in [0.3, 0.4) is 0 Å². The molecule has 6 fully saturated rings. The maximum atomic E-state index is 14.1. The van der Waals surface area contributed by atoms with Crippen molar-refractivity contribution in [2.45, 2.75) is 70.3 Å². The Labute approximate surface area is 174 Å². The number of amides is 1. The van der Waals surface area contributed by atoms with Gasteiger partial charge in [-0.2, -0.15) is 0 Å². The third kappa shape index (κ3) is 1.66. The molecule has 1 aromatic rings. The number of rotatable bonds is 2. The predicted molar refractivity (Wildman–Crippen MR) is 113 cm³/mol. The zero-order chi connectivity index (χ0) is 19.9. The van der Waals surface area contributed by atoms with E-state index in [1.165, 1.54) is 37.7 Å². The Morgan fingerprint density at radius 1 is 1.07 bits per heavy atom. The van der Waals surface area contributed by atoms with Gasteiger partial charge in [-0.1, -0.05) is 44.2 Å². The van der Waals surface area contributed by atoms with Crippen molar-refractivity contribution in [3.63, 3.8) is 0 Å². The van der Waals surface area contributed by atoms with Crippen molar-refractivity contribution in [1.29, 1.82) is 0 Å². The van der Waals surface area contributed by atoms with Crippen LogP contribution >= 0.6 is 0 Å². The molecule has 5 unspecified atom stereocenters. The number of fused-ring (bicyclic) bond motifs is 3. The minimum atomic E-state index is -0.0983. The molecule has 29 heavy (non-hydrogen) atoms. The number of likely N-dealkylation sites (tertiary alicyclic amines) is 1. The predicted octanol–water partition coefficient (Wildman–Crippen LogP) is 4.11. The molecule has 6 atom stereocenters. The van der Waals surface area contributed by atoms with Crippen molar-refractivity contribution in [3.8, 4) is 0 Å². The molecule has 5 aliphatic carbocycles. The van der Waals surface area contributed by atoms with Crippen LogP contribution in [-0.2, 0) is 10.2 Å². The highest BCUT2D eigenvalue weighted by Gasteiger charge is 2.93. The molecule has 1 aromatic carbocycles. The molecule has 154 valence electrons. The van der Waals surface area contributed by atoms with Gasteiger partial charge < -0.3 is 10.6 Å². The van der Waals surface area contributed by atoms with Gasteiger partial charge in [-0.15, -0.1) is 0 Å². The lowest BCUT2D eigenvalue weighted by atomic mass is 9.26. The van der Waals surface area contributed by atoms with Gasteiger partial charge in [0.1, 0.15) is 0 Å². The Kier molecular flexibility index (Phi) is 2.85. The van der Waals surface area contributed by atoms with Crippen molar-refractivity contribution in [2.75, 3.05) is 13.1 Å². The smallest absolute Gasteiger partial charge is 0.228 e. The molecule has 2 spiro atoms. The Bertz CT molecular complexity index is 920. The second-order valence-electron chi connectivity index (χ2n) is 12.5. The summed E-state index contributed by atoms with van der Waals surface area (Å²) in [4.78, 5) is 16.4. The molecule has 7 rings (SSSR count). The second-order valence-corrected chi connectivity index (χ2v) is 12.5. The van der Waals surface area contributed by atoms with E-state index in [9.17, 15) is 4.79 Å². The van der Waals surface area contributed by atoms with E-state index in [2.05, 4.69) is 49.1 Å². The first-order valence-electron chi connectivity index (χ1n) is 11.9. The summed E-state index contributed by atoms with van der Waals surface area (Å²) in [7, 11) is 0. The van der Waals surface area contributed by atoms with Crippen molar-refractivity contribution < 1.29 is 4.79 Å². The molecule has 0 aromatic heterocycles. The number of carbonyl (C=O) groups excluding carboxylic acids is 1. The number of nitrogens with zero attached hydrogens (tertiary/aromatic N) is 1. The first-order chi connectivity index (χ1) is 13.8. The Morgan fingerprint density at radius 3 is 2.48 bits per heavy atom. The molecule has 6 aliphatic rings. The van der Waals surface area contributed by atoms with Gasteiger partial charge in [0.25, 0.3) is 0 Å². The van der Waals surface area contributed by atoms with Crippen LogP contribution in [0, 0.1) is 33.5 Å². The molecule has 1 heterocycles. The van der Waals surface area contributed by atoms with Gasteiger partial charge in [0, 0.05) is 24.5 Å². The Balaban J connectivity index is 1.28. The van der Waals surface area contributed by atoms with E-state index in [-0.39, 0.29) is 22.3 Å². The number of piperidine rings is 1. The average Bonchev–Trinajstić information content (AvgIpc) is 3.37. The fourth-order valence-electron chi connectivity index (χ4n) is 9.86. The summed E-state index contributed by atoms with van der Waals surface area (Å²) in [6.45, 7) is 6.17. The van der Waals surface area contributed by atoms with E-state index >= 15 is 0 Å².